The molecule has 0 bridgehead atoms. The van der Waals surface area contributed by atoms with Crippen LogP contribution in [0, 0.1) is 5.41 Å². The van der Waals surface area contributed by atoms with E-state index >= 15 is 0 Å². The number of rotatable bonds is 5. The normalized spacial score (nSPS) is 17.1. The Labute approximate surface area is 137 Å². The molecule has 0 aromatic heterocycles. The Morgan fingerprint density at radius 1 is 1.36 bits per heavy atom. The van der Waals surface area contributed by atoms with E-state index in [1.54, 1.807) is 31.2 Å². The highest BCUT2D eigenvalue weighted by Crippen LogP contribution is 2.39. The van der Waals surface area contributed by atoms with Gasteiger partial charge in [-0.2, -0.15) is 0 Å². The van der Waals surface area contributed by atoms with Gasteiger partial charge in [-0.15, -0.1) is 0 Å². The minimum Gasteiger partial charge on any atom is -0.495 e. The van der Waals surface area contributed by atoms with Crippen molar-refractivity contribution in [3.8, 4) is 5.75 Å². The Morgan fingerprint density at radius 3 is 2.59 bits per heavy atom. The topological polar surface area (TPSA) is 55.6 Å². The summed E-state index contributed by atoms with van der Waals surface area (Å²) in [5.41, 5.74) is 6.73. The molecule has 0 spiro atoms. The number of ether oxygens (including phenoxy) is 1. The van der Waals surface area contributed by atoms with Crippen molar-refractivity contribution in [1.29, 1.82) is 0 Å². The van der Waals surface area contributed by atoms with E-state index in [4.69, 9.17) is 22.1 Å². The minimum atomic E-state index is -0.0279. The van der Waals surface area contributed by atoms with E-state index in [2.05, 4.69) is 0 Å². The number of benzene rings is 1. The first kappa shape index (κ1) is 17.1. The Bertz CT molecular complexity index is 527. The highest BCUT2D eigenvalue weighted by molar-refractivity contribution is 6.32. The second-order valence-electron chi connectivity index (χ2n) is 6.21. The van der Waals surface area contributed by atoms with Crippen LogP contribution in [0.15, 0.2) is 18.2 Å². The van der Waals surface area contributed by atoms with Gasteiger partial charge < -0.3 is 15.4 Å². The van der Waals surface area contributed by atoms with Gasteiger partial charge in [0.25, 0.3) is 0 Å². The molecule has 0 unspecified atom stereocenters. The molecule has 1 aromatic carbocycles. The van der Waals surface area contributed by atoms with Crippen molar-refractivity contribution in [1.82, 2.24) is 0 Å². The second-order valence-corrected chi connectivity index (χ2v) is 6.62. The molecule has 0 atom stereocenters. The van der Waals surface area contributed by atoms with E-state index in [0.717, 1.165) is 18.5 Å². The lowest BCUT2D eigenvalue weighted by Crippen LogP contribution is -2.39. The zero-order chi connectivity index (χ0) is 16.2. The molecule has 1 aliphatic rings. The van der Waals surface area contributed by atoms with Crippen LogP contribution >= 0.6 is 11.6 Å². The molecule has 0 aliphatic heterocycles. The van der Waals surface area contributed by atoms with Crippen LogP contribution in [-0.4, -0.2) is 26.6 Å². The van der Waals surface area contributed by atoms with E-state index in [1.807, 2.05) is 6.07 Å². The summed E-state index contributed by atoms with van der Waals surface area (Å²) in [6, 6.07) is 5.38. The molecule has 2 N–H and O–H groups in total. The van der Waals surface area contributed by atoms with Crippen LogP contribution in [0.1, 0.15) is 38.5 Å². The first-order valence-electron chi connectivity index (χ1n) is 7.81. The SMILES string of the molecule is COc1ccc(N(C)C(=O)CC2(CN)CCCCC2)cc1Cl. The van der Waals surface area contributed by atoms with Gasteiger partial charge in [0.15, 0.2) is 0 Å². The summed E-state index contributed by atoms with van der Waals surface area (Å²) in [4.78, 5) is 14.3. The monoisotopic (exact) mass is 324 g/mol. The standard InChI is InChI=1S/C17H25ClN2O2/c1-20(13-6-7-15(22-2)14(18)10-13)16(21)11-17(12-19)8-4-3-5-9-17/h6-7,10H,3-5,8-9,11-12,19H2,1-2H3. The first-order chi connectivity index (χ1) is 10.5. The van der Waals surface area contributed by atoms with E-state index in [-0.39, 0.29) is 11.3 Å². The van der Waals surface area contributed by atoms with E-state index < -0.39 is 0 Å². The first-order valence-corrected chi connectivity index (χ1v) is 8.19. The van der Waals surface area contributed by atoms with Crippen molar-refractivity contribution in [2.24, 2.45) is 11.1 Å². The summed E-state index contributed by atoms with van der Waals surface area (Å²) >= 11 is 6.14. The van der Waals surface area contributed by atoms with Gasteiger partial charge in [-0.05, 0) is 43.0 Å². The van der Waals surface area contributed by atoms with Crippen LogP contribution in [0.25, 0.3) is 0 Å². The molecule has 0 radical (unpaired) electrons. The highest BCUT2D eigenvalue weighted by atomic mass is 35.5. The van der Waals surface area contributed by atoms with Gasteiger partial charge in [0.05, 0.1) is 12.1 Å². The maximum absolute atomic E-state index is 12.6. The zero-order valence-corrected chi connectivity index (χ0v) is 14.2. The molecule has 0 heterocycles. The van der Waals surface area contributed by atoms with E-state index in [1.165, 1.54) is 19.3 Å². The lowest BCUT2D eigenvalue weighted by molar-refractivity contribution is -0.121. The molecule has 0 saturated heterocycles. The number of hydrogen-bond acceptors (Lipinski definition) is 3. The predicted octanol–water partition coefficient (Wildman–Crippen LogP) is 3.61. The van der Waals surface area contributed by atoms with Crippen molar-refractivity contribution < 1.29 is 9.53 Å². The third kappa shape index (κ3) is 3.73. The van der Waals surface area contributed by atoms with Gasteiger partial charge in [-0.1, -0.05) is 30.9 Å². The van der Waals surface area contributed by atoms with Crippen molar-refractivity contribution in [3.63, 3.8) is 0 Å². The molecule has 22 heavy (non-hydrogen) atoms. The maximum atomic E-state index is 12.6. The van der Waals surface area contributed by atoms with Crippen molar-refractivity contribution in [3.05, 3.63) is 23.2 Å². The Hall–Kier alpha value is -1.26. The van der Waals surface area contributed by atoms with Gasteiger partial charge in [0.1, 0.15) is 5.75 Å². The van der Waals surface area contributed by atoms with Crippen molar-refractivity contribution >= 4 is 23.2 Å². The van der Waals surface area contributed by atoms with Gasteiger partial charge >= 0.3 is 0 Å². The number of carbonyl (C=O) groups excluding carboxylic acids is 1. The fourth-order valence-corrected chi connectivity index (χ4v) is 3.45. The predicted molar refractivity (Wildman–Crippen MR) is 90.6 cm³/mol. The molecular weight excluding hydrogens is 300 g/mol. The summed E-state index contributed by atoms with van der Waals surface area (Å²) < 4.78 is 5.14. The summed E-state index contributed by atoms with van der Waals surface area (Å²) in [7, 11) is 3.36. The van der Waals surface area contributed by atoms with Crippen LogP contribution in [0.2, 0.25) is 5.02 Å². The molecule has 1 saturated carbocycles. The lowest BCUT2D eigenvalue weighted by Gasteiger charge is -2.36. The molecule has 5 heteroatoms. The third-order valence-corrected chi connectivity index (χ3v) is 5.07. The Balaban J connectivity index is 2.09. The van der Waals surface area contributed by atoms with Gasteiger partial charge in [-0.3, -0.25) is 4.79 Å². The second kappa shape index (κ2) is 7.34. The van der Waals surface area contributed by atoms with Crippen LogP contribution < -0.4 is 15.4 Å². The summed E-state index contributed by atoms with van der Waals surface area (Å²) in [6.07, 6.45) is 6.19. The van der Waals surface area contributed by atoms with Crippen molar-refractivity contribution in [2.75, 3.05) is 25.6 Å². The Kier molecular flexibility index (Phi) is 5.70. The average molecular weight is 325 g/mol. The lowest BCUT2D eigenvalue weighted by atomic mass is 9.71. The van der Waals surface area contributed by atoms with E-state index in [9.17, 15) is 4.79 Å². The minimum absolute atomic E-state index is 0.0279. The van der Waals surface area contributed by atoms with Crippen LogP contribution in [0.3, 0.4) is 0 Å². The number of carbonyl (C=O) groups is 1. The van der Waals surface area contributed by atoms with Gasteiger partial charge in [0.2, 0.25) is 5.91 Å². The number of methoxy groups -OCH3 is 1. The van der Waals surface area contributed by atoms with Crippen LogP contribution in [-0.2, 0) is 4.79 Å². The number of nitrogens with zero attached hydrogens (tertiary/aromatic N) is 1. The number of nitrogens with two attached hydrogens (primary N) is 1. The molecule has 4 nitrogen and oxygen atoms in total. The molecule has 1 amide bonds. The van der Waals surface area contributed by atoms with Crippen LogP contribution in [0.4, 0.5) is 5.69 Å². The number of amides is 1. The summed E-state index contributed by atoms with van der Waals surface area (Å²) in [5.74, 6) is 0.700. The summed E-state index contributed by atoms with van der Waals surface area (Å²) in [5, 5.41) is 0.505. The number of hydrogen-bond donors (Lipinski definition) is 1. The smallest absolute Gasteiger partial charge is 0.227 e. The zero-order valence-electron chi connectivity index (χ0n) is 13.4. The Morgan fingerprint density at radius 2 is 2.05 bits per heavy atom. The number of halogens is 1. The average Bonchev–Trinajstić information content (AvgIpc) is 2.54. The molecular formula is C17H25ClN2O2. The summed E-state index contributed by atoms with van der Waals surface area (Å²) in [6.45, 7) is 0.579. The maximum Gasteiger partial charge on any atom is 0.227 e. The fourth-order valence-electron chi connectivity index (χ4n) is 3.20. The van der Waals surface area contributed by atoms with Crippen molar-refractivity contribution in [2.45, 2.75) is 38.5 Å². The van der Waals surface area contributed by atoms with Crippen LogP contribution in [0.5, 0.6) is 5.75 Å². The molecule has 1 fully saturated rings. The molecule has 1 aromatic rings. The number of anilines is 1. The molecule has 1 aliphatic carbocycles. The van der Waals surface area contributed by atoms with Gasteiger partial charge in [-0.25, -0.2) is 0 Å². The van der Waals surface area contributed by atoms with E-state index in [0.29, 0.717) is 23.7 Å². The third-order valence-electron chi connectivity index (χ3n) is 4.77. The highest BCUT2D eigenvalue weighted by Gasteiger charge is 2.34. The molecule has 2 rings (SSSR count). The molecule has 122 valence electrons. The quantitative estimate of drug-likeness (QED) is 0.900. The van der Waals surface area contributed by atoms with Gasteiger partial charge in [0, 0.05) is 19.2 Å². The fraction of sp³-hybridized carbons (Fsp3) is 0.588. The largest absolute Gasteiger partial charge is 0.495 e.